The number of nitrogens with one attached hydrogen (secondary N) is 1. The smallest absolute Gasteiger partial charge is 0.161 e. The van der Waals surface area contributed by atoms with E-state index in [4.69, 9.17) is 14.7 Å². The van der Waals surface area contributed by atoms with Crippen molar-refractivity contribution in [3.05, 3.63) is 59.2 Å². The monoisotopic (exact) mass is 338 g/mol. The second kappa shape index (κ2) is 9.71. The molecule has 4 heteroatoms. The van der Waals surface area contributed by atoms with E-state index in [2.05, 4.69) is 25.2 Å². The second-order valence-electron chi connectivity index (χ2n) is 6.43. The largest absolute Gasteiger partial charge is 0.493 e. The van der Waals surface area contributed by atoms with Crippen LogP contribution in [0.5, 0.6) is 11.5 Å². The highest BCUT2D eigenvalue weighted by Gasteiger charge is 2.07. The van der Waals surface area contributed by atoms with Crippen molar-refractivity contribution >= 4 is 0 Å². The number of nitrogens with zero attached hydrogens (tertiary/aromatic N) is 1. The third kappa shape index (κ3) is 6.13. The van der Waals surface area contributed by atoms with Gasteiger partial charge in [-0.1, -0.05) is 32.0 Å². The molecule has 0 spiro atoms. The molecular weight excluding hydrogens is 312 g/mol. The summed E-state index contributed by atoms with van der Waals surface area (Å²) in [5, 5.41) is 12.4. The first-order valence-corrected chi connectivity index (χ1v) is 8.62. The molecule has 2 rings (SSSR count). The maximum Gasteiger partial charge on any atom is 0.161 e. The summed E-state index contributed by atoms with van der Waals surface area (Å²) in [7, 11) is 1.66. The van der Waals surface area contributed by atoms with Crippen LogP contribution in [0.3, 0.4) is 0 Å². The van der Waals surface area contributed by atoms with Gasteiger partial charge in [-0.05, 0) is 47.7 Å². The standard InChI is InChI=1S/C21H26N2O2/c1-16(2)9-10-25-21-12-19(7-8-20(21)24-3)15-23-14-18-6-4-5-17(11-18)13-22/h4-8,11-12,16,23H,9-10,14-15H2,1-3H3. The van der Waals surface area contributed by atoms with Gasteiger partial charge in [0.15, 0.2) is 11.5 Å². The van der Waals surface area contributed by atoms with E-state index >= 15 is 0 Å². The van der Waals surface area contributed by atoms with E-state index < -0.39 is 0 Å². The van der Waals surface area contributed by atoms with Crippen LogP contribution in [-0.4, -0.2) is 13.7 Å². The van der Waals surface area contributed by atoms with Crippen LogP contribution >= 0.6 is 0 Å². The van der Waals surface area contributed by atoms with Gasteiger partial charge in [0.25, 0.3) is 0 Å². The first kappa shape index (κ1) is 18.8. The molecule has 0 aliphatic heterocycles. The maximum atomic E-state index is 8.95. The van der Waals surface area contributed by atoms with Gasteiger partial charge in [-0.2, -0.15) is 5.26 Å². The third-order valence-electron chi connectivity index (χ3n) is 3.90. The Morgan fingerprint density at radius 1 is 1.04 bits per heavy atom. The topological polar surface area (TPSA) is 54.3 Å². The summed E-state index contributed by atoms with van der Waals surface area (Å²) in [6.45, 7) is 6.49. The summed E-state index contributed by atoms with van der Waals surface area (Å²) in [6.07, 6.45) is 1.01. The molecule has 0 aromatic heterocycles. The van der Waals surface area contributed by atoms with E-state index in [0.717, 1.165) is 35.6 Å². The lowest BCUT2D eigenvalue weighted by atomic mass is 10.1. The molecule has 0 aliphatic carbocycles. The molecule has 0 aliphatic rings. The highest BCUT2D eigenvalue weighted by atomic mass is 16.5. The molecule has 0 unspecified atom stereocenters. The minimum absolute atomic E-state index is 0.611. The van der Waals surface area contributed by atoms with Crippen LogP contribution in [0.4, 0.5) is 0 Å². The Bertz CT molecular complexity index is 720. The van der Waals surface area contributed by atoms with Crippen molar-refractivity contribution in [3.8, 4) is 17.6 Å². The second-order valence-corrected chi connectivity index (χ2v) is 6.43. The van der Waals surface area contributed by atoms with Crippen molar-refractivity contribution < 1.29 is 9.47 Å². The summed E-state index contributed by atoms with van der Waals surface area (Å²) < 4.78 is 11.3. The Morgan fingerprint density at radius 2 is 1.80 bits per heavy atom. The zero-order valence-corrected chi connectivity index (χ0v) is 15.2. The van der Waals surface area contributed by atoms with Crippen LogP contribution in [0.15, 0.2) is 42.5 Å². The first-order valence-electron chi connectivity index (χ1n) is 8.62. The van der Waals surface area contributed by atoms with Crippen LogP contribution in [0, 0.1) is 17.2 Å². The maximum absolute atomic E-state index is 8.95. The van der Waals surface area contributed by atoms with Gasteiger partial charge in [0.05, 0.1) is 25.3 Å². The van der Waals surface area contributed by atoms with E-state index in [9.17, 15) is 0 Å². The number of hydrogen-bond donors (Lipinski definition) is 1. The number of methoxy groups -OCH3 is 1. The number of benzene rings is 2. The van der Waals surface area contributed by atoms with Crippen molar-refractivity contribution in [2.75, 3.05) is 13.7 Å². The minimum atomic E-state index is 0.611. The van der Waals surface area contributed by atoms with Gasteiger partial charge >= 0.3 is 0 Å². The summed E-state index contributed by atoms with van der Waals surface area (Å²) in [4.78, 5) is 0. The fourth-order valence-electron chi connectivity index (χ4n) is 2.45. The van der Waals surface area contributed by atoms with Crippen LogP contribution in [0.2, 0.25) is 0 Å². The van der Waals surface area contributed by atoms with Crippen molar-refractivity contribution in [2.45, 2.75) is 33.4 Å². The number of hydrogen-bond acceptors (Lipinski definition) is 4. The van der Waals surface area contributed by atoms with Gasteiger partial charge in [0, 0.05) is 13.1 Å². The molecule has 0 saturated carbocycles. The van der Waals surface area contributed by atoms with E-state index in [-0.39, 0.29) is 0 Å². The molecule has 0 radical (unpaired) electrons. The summed E-state index contributed by atoms with van der Waals surface area (Å²) in [5.74, 6) is 2.16. The van der Waals surface area contributed by atoms with Gasteiger partial charge in [-0.3, -0.25) is 0 Å². The van der Waals surface area contributed by atoms with Crippen LogP contribution in [-0.2, 0) is 13.1 Å². The molecule has 0 bridgehead atoms. The summed E-state index contributed by atoms with van der Waals surface area (Å²) in [6, 6.07) is 15.8. The molecule has 0 heterocycles. The lowest BCUT2D eigenvalue weighted by Gasteiger charge is -2.13. The molecule has 0 atom stereocenters. The average molecular weight is 338 g/mol. The van der Waals surface area contributed by atoms with Crippen molar-refractivity contribution in [1.29, 1.82) is 5.26 Å². The van der Waals surface area contributed by atoms with Gasteiger partial charge in [-0.15, -0.1) is 0 Å². The van der Waals surface area contributed by atoms with Gasteiger partial charge in [-0.25, -0.2) is 0 Å². The Labute approximate surface area is 150 Å². The molecule has 1 N–H and O–H groups in total. The fraction of sp³-hybridized carbons (Fsp3) is 0.381. The van der Waals surface area contributed by atoms with Crippen molar-refractivity contribution in [1.82, 2.24) is 5.32 Å². The molecule has 0 saturated heterocycles. The molecule has 0 amide bonds. The number of nitriles is 1. The highest BCUT2D eigenvalue weighted by molar-refractivity contribution is 5.43. The molecular formula is C21H26N2O2. The Kier molecular flexibility index (Phi) is 7.31. The zero-order valence-electron chi connectivity index (χ0n) is 15.2. The minimum Gasteiger partial charge on any atom is -0.493 e. The Hall–Kier alpha value is -2.51. The highest BCUT2D eigenvalue weighted by Crippen LogP contribution is 2.28. The summed E-state index contributed by atoms with van der Waals surface area (Å²) >= 11 is 0. The first-order chi connectivity index (χ1) is 12.1. The SMILES string of the molecule is COc1ccc(CNCc2cccc(C#N)c2)cc1OCCC(C)C. The van der Waals surface area contributed by atoms with Crippen molar-refractivity contribution in [3.63, 3.8) is 0 Å². The normalized spacial score (nSPS) is 10.5. The molecule has 25 heavy (non-hydrogen) atoms. The Balaban J connectivity index is 1.93. The van der Waals surface area contributed by atoms with Gasteiger partial charge in [0.1, 0.15) is 0 Å². The third-order valence-corrected chi connectivity index (χ3v) is 3.90. The number of ether oxygens (including phenoxy) is 2. The molecule has 4 nitrogen and oxygen atoms in total. The van der Waals surface area contributed by atoms with Gasteiger partial charge in [0.2, 0.25) is 0 Å². The lowest BCUT2D eigenvalue weighted by Crippen LogP contribution is -2.13. The van der Waals surface area contributed by atoms with E-state index in [1.807, 2.05) is 42.5 Å². The quantitative estimate of drug-likeness (QED) is 0.741. The van der Waals surface area contributed by atoms with Gasteiger partial charge < -0.3 is 14.8 Å². The van der Waals surface area contributed by atoms with Crippen LogP contribution in [0.25, 0.3) is 0 Å². The number of rotatable bonds is 9. The fourth-order valence-corrected chi connectivity index (χ4v) is 2.45. The molecule has 2 aromatic rings. The molecule has 132 valence electrons. The lowest BCUT2D eigenvalue weighted by molar-refractivity contribution is 0.272. The van der Waals surface area contributed by atoms with E-state index in [1.165, 1.54) is 0 Å². The predicted octanol–water partition coefficient (Wildman–Crippen LogP) is 4.28. The van der Waals surface area contributed by atoms with Crippen LogP contribution < -0.4 is 14.8 Å². The average Bonchev–Trinajstić information content (AvgIpc) is 2.62. The zero-order chi connectivity index (χ0) is 18.1. The van der Waals surface area contributed by atoms with Crippen LogP contribution in [0.1, 0.15) is 37.0 Å². The summed E-state index contributed by atoms with van der Waals surface area (Å²) in [5.41, 5.74) is 2.92. The van der Waals surface area contributed by atoms with Crippen molar-refractivity contribution in [2.24, 2.45) is 5.92 Å². The Morgan fingerprint density at radius 3 is 2.48 bits per heavy atom. The van der Waals surface area contributed by atoms with E-state index in [1.54, 1.807) is 7.11 Å². The predicted molar refractivity (Wildman–Crippen MR) is 99.6 cm³/mol. The van der Waals surface area contributed by atoms with E-state index in [0.29, 0.717) is 24.6 Å². The molecule has 2 aromatic carbocycles. The molecule has 0 fully saturated rings.